The summed E-state index contributed by atoms with van der Waals surface area (Å²) in [6.07, 6.45) is 4.62. The molecule has 68 valence electrons. The molecule has 1 heteroatoms. The van der Waals surface area contributed by atoms with Crippen LogP contribution in [0, 0.1) is 0 Å². The number of hydrogen-bond donors (Lipinski definition) is 1. The molecule has 0 aliphatic rings. The Labute approximate surface area is 79.0 Å². The first-order valence-electron chi connectivity index (χ1n) is 4.34. The Bertz CT molecular complexity index is 324. The molecule has 0 fully saturated rings. The molecule has 1 aromatic rings. The van der Waals surface area contributed by atoms with Crippen LogP contribution in [0.4, 0.5) is 0 Å². The molecule has 0 heterocycles. The minimum atomic E-state index is 0.331. The van der Waals surface area contributed by atoms with E-state index in [4.69, 9.17) is 0 Å². The average molecular weight is 174 g/mol. The van der Waals surface area contributed by atoms with Gasteiger partial charge in [0.2, 0.25) is 0 Å². The third kappa shape index (κ3) is 2.22. The zero-order chi connectivity index (χ0) is 9.68. The fraction of sp³-hybridized carbons (Fsp3) is 0.167. The maximum Gasteiger partial charge on any atom is 0.123 e. The summed E-state index contributed by atoms with van der Waals surface area (Å²) in [6.45, 7) is 5.64. The Morgan fingerprint density at radius 1 is 1.46 bits per heavy atom. The molecule has 0 saturated carbocycles. The fourth-order valence-corrected chi connectivity index (χ4v) is 1.28. The van der Waals surface area contributed by atoms with Crippen molar-refractivity contribution in [3.8, 4) is 5.75 Å². The van der Waals surface area contributed by atoms with E-state index in [1.54, 1.807) is 6.07 Å². The Balaban J connectivity index is 3.05. The van der Waals surface area contributed by atoms with Gasteiger partial charge in [-0.1, -0.05) is 30.4 Å². The molecule has 0 aliphatic heterocycles. The summed E-state index contributed by atoms with van der Waals surface area (Å²) in [6, 6.07) is 7.34. The van der Waals surface area contributed by atoms with Gasteiger partial charge < -0.3 is 5.11 Å². The minimum absolute atomic E-state index is 0.331. The first kappa shape index (κ1) is 9.59. The standard InChI is InChI=1S/C12H14O/c1-3-7-10(4-2)11-8-5-6-9-12(11)13/h3-6,8-9,13H,1,7H2,2H3. The van der Waals surface area contributed by atoms with Crippen LogP contribution in [-0.2, 0) is 0 Å². The number of allylic oxidation sites excluding steroid dienone is 3. The van der Waals surface area contributed by atoms with E-state index in [9.17, 15) is 5.11 Å². The molecule has 0 amide bonds. The van der Waals surface area contributed by atoms with Crippen LogP contribution in [0.5, 0.6) is 5.75 Å². The zero-order valence-electron chi connectivity index (χ0n) is 7.83. The molecule has 0 aromatic heterocycles. The smallest absolute Gasteiger partial charge is 0.123 e. The van der Waals surface area contributed by atoms with Gasteiger partial charge in [-0.2, -0.15) is 0 Å². The van der Waals surface area contributed by atoms with Gasteiger partial charge >= 0.3 is 0 Å². The van der Waals surface area contributed by atoms with Crippen LogP contribution in [-0.4, -0.2) is 5.11 Å². The van der Waals surface area contributed by atoms with Crippen molar-refractivity contribution in [2.45, 2.75) is 13.3 Å². The van der Waals surface area contributed by atoms with Gasteiger partial charge in [0.1, 0.15) is 5.75 Å². The summed E-state index contributed by atoms with van der Waals surface area (Å²) >= 11 is 0. The highest BCUT2D eigenvalue weighted by Gasteiger charge is 2.02. The predicted molar refractivity (Wildman–Crippen MR) is 56.6 cm³/mol. The van der Waals surface area contributed by atoms with E-state index in [0.29, 0.717) is 5.75 Å². The van der Waals surface area contributed by atoms with E-state index in [0.717, 1.165) is 17.6 Å². The molecule has 0 spiro atoms. The van der Waals surface area contributed by atoms with Crippen LogP contribution in [0.1, 0.15) is 18.9 Å². The first-order chi connectivity index (χ1) is 6.29. The van der Waals surface area contributed by atoms with E-state index in [1.165, 1.54) is 0 Å². The zero-order valence-corrected chi connectivity index (χ0v) is 7.83. The predicted octanol–water partition coefficient (Wildman–Crippen LogP) is 3.37. The highest BCUT2D eigenvalue weighted by atomic mass is 16.3. The molecule has 0 aliphatic carbocycles. The van der Waals surface area contributed by atoms with Gasteiger partial charge in [-0.05, 0) is 25.0 Å². The van der Waals surface area contributed by atoms with E-state index >= 15 is 0 Å². The SMILES string of the molecule is C=CCC(=CC)c1ccccc1O. The second-order valence-corrected chi connectivity index (χ2v) is 2.82. The Hall–Kier alpha value is -1.50. The molecule has 13 heavy (non-hydrogen) atoms. The molecular formula is C12H14O. The molecule has 1 N–H and O–H groups in total. The number of benzene rings is 1. The highest BCUT2D eigenvalue weighted by molar-refractivity contribution is 5.70. The van der Waals surface area contributed by atoms with Gasteiger partial charge in [-0.15, -0.1) is 6.58 Å². The monoisotopic (exact) mass is 174 g/mol. The second kappa shape index (κ2) is 4.51. The lowest BCUT2D eigenvalue weighted by atomic mass is 10.0. The third-order valence-electron chi connectivity index (χ3n) is 1.96. The van der Waals surface area contributed by atoms with Gasteiger partial charge in [0.15, 0.2) is 0 Å². The Morgan fingerprint density at radius 2 is 2.15 bits per heavy atom. The maximum atomic E-state index is 9.56. The minimum Gasteiger partial charge on any atom is -0.507 e. The summed E-state index contributed by atoms with van der Waals surface area (Å²) in [5.41, 5.74) is 2.00. The number of aromatic hydroxyl groups is 1. The Morgan fingerprint density at radius 3 is 2.69 bits per heavy atom. The van der Waals surface area contributed by atoms with Crippen molar-refractivity contribution in [3.63, 3.8) is 0 Å². The summed E-state index contributed by atoms with van der Waals surface area (Å²) in [7, 11) is 0. The molecular weight excluding hydrogens is 160 g/mol. The molecule has 0 bridgehead atoms. The Kier molecular flexibility index (Phi) is 3.32. The lowest BCUT2D eigenvalue weighted by Crippen LogP contribution is -1.83. The van der Waals surface area contributed by atoms with Crippen molar-refractivity contribution < 1.29 is 5.11 Å². The molecule has 0 saturated heterocycles. The number of hydrogen-bond acceptors (Lipinski definition) is 1. The van der Waals surface area contributed by atoms with Crippen molar-refractivity contribution in [2.75, 3.05) is 0 Å². The molecule has 1 rings (SSSR count). The summed E-state index contributed by atoms with van der Waals surface area (Å²) in [5, 5.41) is 9.56. The normalized spacial score (nSPS) is 11.3. The van der Waals surface area contributed by atoms with Crippen molar-refractivity contribution >= 4 is 5.57 Å². The number of para-hydroxylation sites is 1. The largest absolute Gasteiger partial charge is 0.507 e. The van der Waals surface area contributed by atoms with E-state index in [2.05, 4.69) is 6.58 Å². The lowest BCUT2D eigenvalue weighted by Gasteiger charge is -2.06. The van der Waals surface area contributed by atoms with E-state index < -0.39 is 0 Å². The lowest BCUT2D eigenvalue weighted by molar-refractivity contribution is 0.473. The quantitative estimate of drug-likeness (QED) is 0.696. The van der Waals surface area contributed by atoms with Gasteiger partial charge in [0.25, 0.3) is 0 Å². The molecule has 0 unspecified atom stereocenters. The number of rotatable bonds is 3. The van der Waals surface area contributed by atoms with Gasteiger partial charge in [0, 0.05) is 5.56 Å². The third-order valence-corrected chi connectivity index (χ3v) is 1.96. The van der Waals surface area contributed by atoms with Crippen molar-refractivity contribution in [1.82, 2.24) is 0 Å². The second-order valence-electron chi connectivity index (χ2n) is 2.82. The fourth-order valence-electron chi connectivity index (χ4n) is 1.28. The van der Waals surface area contributed by atoms with Gasteiger partial charge in [-0.3, -0.25) is 0 Å². The van der Waals surface area contributed by atoms with Crippen LogP contribution in [0.25, 0.3) is 5.57 Å². The average Bonchev–Trinajstić information content (AvgIpc) is 2.16. The van der Waals surface area contributed by atoms with E-state index in [-0.39, 0.29) is 0 Å². The molecule has 1 nitrogen and oxygen atoms in total. The van der Waals surface area contributed by atoms with Crippen LogP contribution in [0.15, 0.2) is 43.0 Å². The molecule has 0 radical (unpaired) electrons. The number of phenols is 1. The summed E-state index contributed by atoms with van der Waals surface area (Å²) in [5.74, 6) is 0.331. The van der Waals surface area contributed by atoms with Gasteiger partial charge in [0.05, 0.1) is 0 Å². The molecule has 1 aromatic carbocycles. The van der Waals surface area contributed by atoms with Crippen LogP contribution < -0.4 is 0 Å². The van der Waals surface area contributed by atoms with Crippen LogP contribution in [0.3, 0.4) is 0 Å². The topological polar surface area (TPSA) is 20.2 Å². The summed E-state index contributed by atoms with van der Waals surface area (Å²) in [4.78, 5) is 0. The highest BCUT2D eigenvalue weighted by Crippen LogP contribution is 2.26. The van der Waals surface area contributed by atoms with Crippen molar-refractivity contribution in [2.24, 2.45) is 0 Å². The van der Waals surface area contributed by atoms with Crippen LogP contribution >= 0.6 is 0 Å². The van der Waals surface area contributed by atoms with Crippen molar-refractivity contribution in [1.29, 1.82) is 0 Å². The van der Waals surface area contributed by atoms with E-state index in [1.807, 2.05) is 37.3 Å². The van der Waals surface area contributed by atoms with Crippen LogP contribution in [0.2, 0.25) is 0 Å². The maximum absolute atomic E-state index is 9.56. The number of phenolic OH excluding ortho intramolecular Hbond substituents is 1. The summed E-state index contributed by atoms with van der Waals surface area (Å²) < 4.78 is 0. The molecule has 0 atom stereocenters. The van der Waals surface area contributed by atoms with Crippen molar-refractivity contribution in [3.05, 3.63) is 48.6 Å². The first-order valence-corrected chi connectivity index (χ1v) is 4.34. The van der Waals surface area contributed by atoms with Gasteiger partial charge in [-0.25, -0.2) is 0 Å².